The van der Waals surface area contributed by atoms with Crippen LogP contribution in [0.2, 0.25) is 0 Å². The molecule has 1 saturated heterocycles. The molecule has 4 rings (SSSR count). The highest BCUT2D eigenvalue weighted by molar-refractivity contribution is 7.09. The number of aryl methyl sites for hydroxylation is 1. The van der Waals surface area contributed by atoms with Gasteiger partial charge in [-0.1, -0.05) is 11.2 Å². The average molecular weight is 429 g/mol. The summed E-state index contributed by atoms with van der Waals surface area (Å²) in [6, 6.07) is 10.2. The lowest BCUT2D eigenvalue weighted by molar-refractivity contribution is -0.121. The zero-order chi connectivity index (χ0) is 20.8. The first-order valence-electron chi connectivity index (χ1n) is 10.3. The molecule has 30 heavy (non-hydrogen) atoms. The Morgan fingerprint density at radius 1 is 1.30 bits per heavy atom. The maximum atomic E-state index is 13.0. The van der Waals surface area contributed by atoms with Gasteiger partial charge in [0.25, 0.3) is 0 Å². The Kier molecular flexibility index (Phi) is 6.86. The van der Waals surface area contributed by atoms with E-state index >= 15 is 0 Å². The molecule has 0 aliphatic carbocycles. The van der Waals surface area contributed by atoms with Crippen molar-refractivity contribution >= 4 is 17.2 Å². The van der Waals surface area contributed by atoms with E-state index in [4.69, 9.17) is 4.52 Å². The first-order valence-corrected chi connectivity index (χ1v) is 11.1. The molecule has 0 saturated carbocycles. The molecule has 158 valence electrons. The highest BCUT2D eigenvalue weighted by Gasteiger charge is 2.21. The second-order valence-electron chi connectivity index (χ2n) is 7.65. The molecule has 8 heteroatoms. The molecule has 1 N–H and O–H groups in total. The summed E-state index contributed by atoms with van der Waals surface area (Å²) in [7, 11) is 0. The molecule has 0 spiro atoms. The van der Waals surface area contributed by atoms with Gasteiger partial charge in [-0.25, -0.2) is 4.39 Å². The number of piperidine rings is 1. The number of rotatable bonds is 8. The summed E-state index contributed by atoms with van der Waals surface area (Å²) in [6.07, 6.45) is 3.00. The van der Waals surface area contributed by atoms with Crippen LogP contribution in [0, 0.1) is 11.7 Å². The number of hydrogen-bond acceptors (Lipinski definition) is 6. The van der Waals surface area contributed by atoms with Crippen LogP contribution in [-0.2, 0) is 17.8 Å². The number of aromatic nitrogens is 2. The van der Waals surface area contributed by atoms with Crippen LogP contribution in [0.5, 0.6) is 0 Å². The Balaban J connectivity index is 1.19. The van der Waals surface area contributed by atoms with E-state index in [1.165, 1.54) is 23.4 Å². The molecule has 6 nitrogen and oxygen atoms in total. The molecule has 1 fully saturated rings. The number of nitrogens with zero attached hydrogens (tertiary/aromatic N) is 3. The smallest absolute Gasteiger partial charge is 0.227 e. The lowest BCUT2D eigenvalue weighted by Crippen LogP contribution is -2.40. The maximum absolute atomic E-state index is 13.0. The van der Waals surface area contributed by atoms with Gasteiger partial charge in [-0.15, -0.1) is 11.3 Å². The Bertz CT molecular complexity index is 942. The summed E-state index contributed by atoms with van der Waals surface area (Å²) in [5, 5.41) is 9.07. The molecule has 3 heterocycles. The predicted molar refractivity (Wildman–Crippen MR) is 113 cm³/mol. The van der Waals surface area contributed by atoms with Crippen molar-refractivity contribution in [1.29, 1.82) is 0 Å². The summed E-state index contributed by atoms with van der Waals surface area (Å²) in [4.78, 5) is 20.4. The van der Waals surface area contributed by atoms with Crippen molar-refractivity contribution in [2.24, 2.45) is 5.92 Å². The van der Waals surface area contributed by atoms with Crippen LogP contribution in [0.4, 0.5) is 4.39 Å². The highest BCUT2D eigenvalue weighted by atomic mass is 32.1. The lowest BCUT2D eigenvalue weighted by Gasteiger charge is -2.32. The number of nitrogens with one attached hydrogen (secondary N) is 1. The van der Waals surface area contributed by atoms with Gasteiger partial charge in [0.05, 0.1) is 0 Å². The minimum absolute atomic E-state index is 0.00749. The number of amides is 1. The molecule has 1 unspecified atom stereocenters. The van der Waals surface area contributed by atoms with Crippen molar-refractivity contribution in [3.8, 4) is 11.4 Å². The van der Waals surface area contributed by atoms with Crippen LogP contribution < -0.4 is 5.32 Å². The number of halogens is 1. The zero-order valence-corrected chi connectivity index (χ0v) is 17.5. The Hall–Kier alpha value is -2.58. The first-order chi connectivity index (χ1) is 14.7. The molecule has 3 aromatic rings. The SMILES string of the molecule is O=C(CCc1nc(-c2ccc(F)cc2)no1)NCC1CCCN(Cc2cccs2)C1. The monoisotopic (exact) mass is 428 g/mol. The highest BCUT2D eigenvalue weighted by Crippen LogP contribution is 2.20. The van der Waals surface area contributed by atoms with E-state index in [-0.39, 0.29) is 11.7 Å². The van der Waals surface area contributed by atoms with Gasteiger partial charge in [-0.05, 0) is 61.0 Å². The van der Waals surface area contributed by atoms with Crippen LogP contribution in [0.3, 0.4) is 0 Å². The summed E-state index contributed by atoms with van der Waals surface area (Å²) < 4.78 is 18.2. The standard InChI is InChI=1S/C22H25FN4O2S/c23-18-7-5-17(6-8-18)22-25-21(29-26-22)10-9-20(28)24-13-16-3-1-11-27(14-16)15-19-4-2-12-30-19/h2,4-8,12,16H,1,3,9-11,13-15H2,(H,24,28). The Morgan fingerprint density at radius 2 is 2.17 bits per heavy atom. The van der Waals surface area contributed by atoms with Crippen LogP contribution >= 0.6 is 11.3 Å². The molecule has 1 aliphatic heterocycles. The quantitative estimate of drug-likeness (QED) is 0.589. The van der Waals surface area contributed by atoms with Gasteiger partial charge in [0, 0.05) is 42.9 Å². The molecule has 2 aromatic heterocycles. The van der Waals surface area contributed by atoms with E-state index in [0.717, 1.165) is 26.1 Å². The fraction of sp³-hybridized carbons (Fsp3) is 0.409. The number of carbonyl (C=O) groups is 1. The van der Waals surface area contributed by atoms with Gasteiger partial charge in [0.1, 0.15) is 5.82 Å². The van der Waals surface area contributed by atoms with E-state index < -0.39 is 0 Å². The van der Waals surface area contributed by atoms with E-state index in [9.17, 15) is 9.18 Å². The van der Waals surface area contributed by atoms with E-state index in [2.05, 4.69) is 37.9 Å². The number of thiophene rings is 1. The van der Waals surface area contributed by atoms with Crippen molar-refractivity contribution in [2.45, 2.75) is 32.2 Å². The number of benzene rings is 1. The van der Waals surface area contributed by atoms with E-state index in [1.54, 1.807) is 23.5 Å². The minimum atomic E-state index is -0.313. The molecular weight excluding hydrogens is 403 g/mol. The van der Waals surface area contributed by atoms with Crippen LogP contribution in [0.1, 0.15) is 30.0 Å². The number of hydrogen-bond donors (Lipinski definition) is 1. The predicted octanol–water partition coefficient (Wildman–Crippen LogP) is 3.90. The van der Waals surface area contributed by atoms with Gasteiger partial charge >= 0.3 is 0 Å². The van der Waals surface area contributed by atoms with Gasteiger partial charge in [-0.3, -0.25) is 9.69 Å². The fourth-order valence-electron chi connectivity index (χ4n) is 3.72. The van der Waals surface area contributed by atoms with Gasteiger partial charge in [0.15, 0.2) is 0 Å². The fourth-order valence-corrected chi connectivity index (χ4v) is 4.47. The third-order valence-electron chi connectivity index (χ3n) is 5.29. The van der Waals surface area contributed by atoms with Crippen molar-refractivity contribution in [3.63, 3.8) is 0 Å². The molecular formula is C22H25FN4O2S. The van der Waals surface area contributed by atoms with Crippen LogP contribution in [0.25, 0.3) is 11.4 Å². The van der Waals surface area contributed by atoms with Crippen LogP contribution in [-0.4, -0.2) is 40.6 Å². The van der Waals surface area contributed by atoms with Crippen LogP contribution in [0.15, 0.2) is 46.3 Å². The molecule has 0 radical (unpaired) electrons. The summed E-state index contributed by atoms with van der Waals surface area (Å²) >= 11 is 1.79. The topological polar surface area (TPSA) is 71.3 Å². The summed E-state index contributed by atoms with van der Waals surface area (Å²) in [5.41, 5.74) is 0.681. The maximum Gasteiger partial charge on any atom is 0.227 e. The van der Waals surface area contributed by atoms with Gasteiger partial charge < -0.3 is 9.84 Å². The van der Waals surface area contributed by atoms with Crippen molar-refractivity contribution in [1.82, 2.24) is 20.4 Å². The first kappa shape index (κ1) is 20.7. The molecule has 1 atom stereocenters. The average Bonchev–Trinajstić information content (AvgIpc) is 3.44. The van der Waals surface area contributed by atoms with Crippen molar-refractivity contribution in [2.75, 3.05) is 19.6 Å². The third-order valence-corrected chi connectivity index (χ3v) is 6.15. The number of carbonyl (C=O) groups excluding carboxylic acids is 1. The largest absolute Gasteiger partial charge is 0.356 e. The minimum Gasteiger partial charge on any atom is -0.356 e. The second-order valence-corrected chi connectivity index (χ2v) is 8.68. The molecule has 1 amide bonds. The second kappa shape index (κ2) is 9.95. The molecule has 1 aliphatic rings. The summed E-state index contributed by atoms with van der Waals surface area (Å²) in [5.74, 6) is 0.970. The lowest BCUT2D eigenvalue weighted by atomic mass is 9.98. The van der Waals surface area contributed by atoms with Crippen molar-refractivity contribution < 1.29 is 13.7 Å². The van der Waals surface area contributed by atoms with Gasteiger partial charge in [-0.2, -0.15) is 4.98 Å². The Morgan fingerprint density at radius 3 is 2.97 bits per heavy atom. The van der Waals surface area contributed by atoms with E-state index in [0.29, 0.717) is 42.6 Å². The summed E-state index contributed by atoms with van der Waals surface area (Å²) in [6.45, 7) is 3.83. The van der Waals surface area contributed by atoms with Crippen molar-refractivity contribution in [3.05, 3.63) is 58.4 Å². The Labute approximate surface area is 179 Å². The molecule has 0 bridgehead atoms. The number of likely N-dealkylation sites (tertiary alicyclic amines) is 1. The molecule has 1 aromatic carbocycles. The normalized spacial score (nSPS) is 17.2. The zero-order valence-electron chi connectivity index (χ0n) is 16.7. The third kappa shape index (κ3) is 5.73. The van der Waals surface area contributed by atoms with Gasteiger partial charge in [0.2, 0.25) is 17.6 Å². The van der Waals surface area contributed by atoms with E-state index in [1.807, 2.05) is 0 Å².